The minimum absolute atomic E-state index is 0.0343. The summed E-state index contributed by atoms with van der Waals surface area (Å²) in [5, 5.41) is 11.6. The van der Waals surface area contributed by atoms with E-state index in [1.165, 1.54) is 18.3 Å². The Balaban J connectivity index is 1.99. The van der Waals surface area contributed by atoms with Crippen LogP contribution in [0.4, 0.5) is 19.0 Å². The average molecular weight is 260 g/mol. The molecule has 0 atom stereocenters. The van der Waals surface area contributed by atoms with Crippen molar-refractivity contribution in [2.24, 2.45) is 5.92 Å². The van der Waals surface area contributed by atoms with E-state index in [-0.39, 0.29) is 30.3 Å². The molecule has 0 aliphatic heterocycles. The standard InChI is InChI=1S/C11H11F3N2O2/c12-11(13,14)6-4-7(5-6)16-9-8(10(17)18)2-1-3-15-9/h1-3,6-7H,4-5H2,(H,15,16)(H,17,18). The number of carboxylic acid groups (broad SMARTS) is 1. The highest BCUT2D eigenvalue weighted by Crippen LogP contribution is 2.42. The Kier molecular flexibility index (Phi) is 3.14. The van der Waals surface area contributed by atoms with Crippen molar-refractivity contribution in [3.63, 3.8) is 0 Å². The summed E-state index contributed by atoms with van der Waals surface area (Å²) in [6.45, 7) is 0. The Morgan fingerprint density at radius 3 is 2.67 bits per heavy atom. The molecule has 18 heavy (non-hydrogen) atoms. The molecule has 1 aromatic heterocycles. The van der Waals surface area contributed by atoms with Crippen LogP contribution in [0.25, 0.3) is 0 Å². The Morgan fingerprint density at radius 2 is 2.11 bits per heavy atom. The van der Waals surface area contributed by atoms with Gasteiger partial charge in [0.25, 0.3) is 0 Å². The van der Waals surface area contributed by atoms with E-state index in [1.54, 1.807) is 0 Å². The molecule has 98 valence electrons. The topological polar surface area (TPSA) is 62.2 Å². The normalized spacial score (nSPS) is 23.3. The third-order valence-electron chi connectivity index (χ3n) is 2.98. The molecule has 0 radical (unpaired) electrons. The van der Waals surface area contributed by atoms with Gasteiger partial charge in [-0.2, -0.15) is 13.2 Å². The van der Waals surface area contributed by atoms with E-state index < -0.39 is 18.1 Å². The van der Waals surface area contributed by atoms with Gasteiger partial charge in [-0.05, 0) is 25.0 Å². The van der Waals surface area contributed by atoms with Gasteiger partial charge in [0, 0.05) is 12.2 Å². The van der Waals surface area contributed by atoms with Crippen LogP contribution in [0.5, 0.6) is 0 Å². The van der Waals surface area contributed by atoms with E-state index in [2.05, 4.69) is 10.3 Å². The van der Waals surface area contributed by atoms with E-state index in [1.807, 2.05) is 0 Å². The van der Waals surface area contributed by atoms with Crippen molar-refractivity contribution in [3.05, 3.63) is 23.9 Å². The van der Waals surface area contributed by atoms with Gasteiger partial charge in [-0.3, -0.25) is 0 Å². The van der Waals surface area contributed by atoms with E-state index in [9.17, 15) is 18.0 Å². The first-order valence-electron chi connectivity index (χ1n) is 5.39. The molecule has 0 saturated heterocycles. The van der Waals surface area contributed by atoms with E-state index in [0.29, 0.717) is 0 Å². The molecule has 0 aromatic carbocycles. The Labute approximate surface area is 101 Å². The number of halogens is 3. The van der Waals surface area contributed by atoms with Crippen LogP contribution in [0, 0.1) is 5.92 Å². The van der Waals surface area contributed by atoms with Gasteiger partial charge in [-0.1, -0.05) is 0 Å². The summed E-state index contributed by atoms with van der Waals surface area (Å²) in [5.41, 5.74) is -0.0343. The lowest BCUT2D eigenvalue weighted by atomic mass is 9.80. The van der Waals surface area contributed by atoms with Gasteiger partial charge in [0.05, 0.1) is 5.92 Å². The zero-order chi connectivity index (χ0) is 13.3. The molecule has 0 unspecified atom stereocenters. The molecule has 1 aliphatic rings. The third-order valence-corrected chi connectivity index (χ3v) is 2.98. The van der Waals surface area contributed by atoms with Crippen LogP contribution < -0.4 is 5.32 Å². The van der Waals surface area contributed by atoms with Gasteiger partial charge in [0.1, 0.15) is 11.4 Å². The second-order valence-electron chi connectivity index (χ2n) is 4.26. The molecule has 0 spiro atoms. The van der Waals surface area contributed by atoms with Crippen LogP contribution >= 0.6 is 0 Å². The molecule has 1 aliphatic carbocycles. The summed E-state index contributed by atoms with van der Waals surface area (Å²) in [7, 11) is 0. The fraction of sp³-hybridized carbons (Fsp3) is 0.455. The zero-order valence-corrected chi connectivity index (χ0v) is 9.24. The second-order valence-corrected chi connectivity index (χ2v) is 4.26. The number of nitrogens with zero attached hydrogens (tertiary/aromatic N) is 1. The number of aromatic nitrogens is 1. The quantitative estimate of drug-likeness (QED) is 0.876. The zero-order valence-electron chi connectivity index (χ0n) is 9.24. The van der Waals surface area contributed by atoms with Crippen LogP contribution in [0.3, 0.4) is 0 Å². The van der Waals surface area contributed by atoms with E-state index >= 15 is 0 Å². The molecule has 2 rings (SSSR count). The minimum atomic E-state index is -4.17. The van der Waals surface area contributed by atoms with Crippen LogP contribution in [0.2, 0.25) is 0 Å². The summed E-state index contributed by atoms with van der Waals surface area (Å²) < 4.78 is 36.8. The van der Waals surface area contributed by atoms with E-state index in [4.69, 9.17) is 5.11 Å². The number of carbonyl (C=O) groups is 1. The molecule has 7 heteroatoms. The van der Waals surface area contributed by atoms with Crippen molar-refractivity contribution in [1.82, 2.24) is 4.98 Å². The summed E-state index contributed by atoms with van der Waals surface area (Å²) in [6, 6.07) is 2.45. The maximum atomic E-state index is 12.3. The molecular weight excluding hydrogens is 249 g/mol. The average Bonchev–Trinajstić information content (AvgIpc) is 2.21. The first-order valence-corrected chi connectivity index (χ1v) is 5.39. The number of carboxylic acids is 1. The predicted octanol–water partition coefficient (Wildman–Crippen LogP) is 2.53. The number of anilines is 1. The summed E-state index contributed by atoms with van der Waals surface area (Å²) in [5.74, 6) is -2.33. The molecule has 1 heterocycles. The summed E-state index contributed by atoms with van der Waals surface area (Å²) in [6.07, 6.45) is -2.86. The maximum Gasteiger partial charge on any atom is 0.391 e. The number of hydrogen-bond acceptors (Lipinski definition) is 3. The minimum Gasteiger partial charge on any atom is -0.478 e. The number of pyridine rings is 1. The SMILES string of the molecule is O=C(O)c1cccnc1NC1CC(C(F)(F)F)C1. The number of alkyl halides is 3. The van der Waals surface area contributed by atoms with Crippen LogP contribution in [-0.2, 0) is 0 Å². The van der Waals surface area contributed by atoms with Crippen LogP contribution in [0.1, 0.15) is 23.2 Å². The molecular formula is C11H11F3N2O2. The van der Waals surface area contributed by atoms with Crippen molar-refractivity contribution in [2.45, 2.75) is 25.1 Å². The second kappa shape index (κ2) is 4.47. The number of aromatic carboxylic acids is 1. The monoisotopic (exact) mass is 260 g/mol. The number of hydrogen-bond donors (Lipinski definition) is 2. The van der Waals surface area contributed by atoms with Crippen LogP contribution in [0.15, 0.2) is 18.3 Å². The van der Waals surface area contributed by atoms with Crippen molar-refractivity contribution in [3.8, 4) is 0 Å². The molecule has 0 bridgehead atoms. The Hall–Kier alpha value is -1.79. The fourth-order valence-electron chi connectivity index (χ4n) is 1.89. The predicted molar refractivity (Wildman–Crippen MR) is 57.4 cm³/mol. The van der Waals surface area contributed by atoms with Gasteiger partial charge in [0.2, 0.25) is 0 Å². The van der Waals surface area contributed by atoms with Gasteiger partial charge >= 0.3 is 12.1 Å². The third kappa shape index (κ3) is 2.55. The maximum absolute atomic E-state index is 12.3. The molecule has 0 amide bonds. The van der Waals surface area contributed by atoms with Crippen molar-refractivity contribution in [2.75, 3.05) is 5.32 Å². The van der Waals surface area contributed by atoms with Crippen molar-refractivity contribution >= 4 is 11.8 Å². The van der Waals surface area contributed by atoms with Gasteiger partial charge in [-0.25, -0.2) is 9.78 Å². The molecule has 1 fully saturated rings. The van der Waals surface area contributed by atoms with Crippen LogP contribution in [-0.4, -0.2) is 28.3 Å². The fourth-order valence-corrected chi connectivity index (χ4v) is 1.89. The largest absolute Gasteiger partial charge is 0.478 e. The lowest BCUT2D eigenvalue weighted by Crippen LogP contribution is -2.43. The summed E-state index contributed by atoms with van der Waals surface area (Å²) >= 11 is 0. The van der Waals surface area contributed by atoms with Gasteiger partial charge in [-0.15, -0.1) is 0 Å². The summed E-state index contributed by atoms with van der Waals surface area (Å²) in [4.78, 5) is 14.7. The first-order chi connectivity index (χ1) is 8.38. The lowest BCUT2D eigenvalue weighted by Gasteiger charge is -2.37. The lowest BCUT2D eigenvalue weighted by molar-refractivity contribution is -0.195. The van der Waals surface area contributed by atoms with Crippen molar-refractivity contribution < 1.29 is 23.1 Å². The molecule has 1 saturated carbocycles. The number of rotatable bonds is 3. The molecule has 2 N–H and O–H groups in total. The highest BCUT2D eigenvalue weighted by molar-refractivity contribution is 5.93. The van der Waals surface area contributed by atoms with Gasteiger partial charge in [0.15, 0.2) is 0 Å². The van der Waals surface area contributed by atoms with Gasteiger partial charge < -0.3 is 10.4 Å². The first kappa shape index (κ1) is 12.7. The highest BCUT2D eigenvalue weighted by Gasteiger charge is 2.48. The van der Waals surface area contributed by atoms with Crippen molar-refractivity contribution in [1.29, 1.82) is 0 Å². The Bertz CT molecular complexity index is 456. The highest BCUT2D eigenvalue weighted by atomic mass is 19.4. The van der Waals surface area contributed by atoms with E-state index in [0.717, 1.165) is 0 Å². The number of nitrogens with one attached hydrogen (secondary N) is 1. The molecule has 1 aromatic rings. The smallest absolute Gasteiger partial charge is 0.391 e. The Morgan fingerprint density at radius 1 is 1.44 bits per heavy atom. The molecule has 4 nitrogen and oxygen atoms in total.